The molecule has 2 amide bonds. The van der Waals surface area contributed by atoms with E-state index in [0.29, 0.717) is 12.1 Å². The molecule has 10 heteroatoms. The van der Waals surface area contributed by atoms with Crippen LogP contribution in [0.4, 0.5) is 4.39 Å². The van der Waals surface area contributed by atoms with Crippen LogP contribution in [0.15, 0.2) is 30.3 Å². The molecule has 0 saturated carbocycles. The van der Waals surface area contributed by atoms with Crippen LogP contribution in [0.1, 0.15) is 22.6 Å². The minimum absolute atomic E-state index is 0.0481. The molecule has 0 radical (unpaired) electrons. The van der Waals surface area contributed by atoms with Crippen LogP contribution < -0.4 is 10.6 Å². The normalized spacial score (nSPS) is 18.2. The second-order valence-electron chi connectivity index (χ2n) is 6.38. The van der Waals surface area contributed by atoms with Gasteiger partial charge in [0, 0.05) is 11.7 Å². The number of amides is 2. The van der Waals surface area contributed by atoms with E-state index in [-0.39, 0.29) is 29.4 Å². The lowest BCUT2D eigenvalue weighted by atomic mass is 10.2. The van der Waals surface area contributed by atoms with E-state index >= 15 is 0 Å². The second kappa shape index (κ2) is 7.47. The van der Waals surface area contributed by atoms with E-state index in [4.69, 9.17) is 0 Å². The Kier molecular flexibility index (Phi) is 5.26. The molecule has 1 unspecified atom stereocenters. The van der Waals surface area contributed by atoms with E-state index in [1.807, 2.05) is 0 Å². The lowest BCUT2D eigenvalue weighted by molar-refractivity contribution is -0.120. The second-order valence-corrected chi connectivity index (χ2v) is 8.61. The van der Waals surface area contributed by atoms with Gasteiger partial charge in [-0.1, -0.05) is 12.1 Å². The maximum absolute atomic E-state index is 13.9. The Hall–Kier alpha value is -2.75. The zero-order chi connectivity index (χ0) is 19.6. The number of nitrogens with one attached hydrogen (secondary N) is 2. The smallest absolute Gasteiger partial charge is 0.272 e. The Morgan fingerprint density at radius 2 is 2.07 bits per heavy atom. The molecule has 1 saturated heterocycles. The topological polar surface area (TPSA) is 110 Å². The third-order valence-corrected chi connectivity index (χ3v) is 5.98. The van der Waals surface area contributed by atoms with Gasteiger partial charge < -0.3 is 10.6 Å². The van der Waals surface area contributed by atoms with Crippen LogP contribution >= 0.6 is 0 Å². The van der Waals surface area contributed by atoms with Gasteiger partial charge in [0.15, 0.2) is 15.5 Å². The number of hydrogen-bond acceptors (Lipinski definition) is 5. The van der Waals surface area contributed by atoms with Crippen molar-refractivity contribution in [1.82, 2.24) is 20.4 Å². The summed E-state index contributed by atoms with van der Waals surface area (Å²) in [5, 5.41) is 9.11. The first-order chi connectivity index (χ1) is 12.7. The molecule has 1 fully saturated rings. The fraction of sp³-hybridized carbons (Fsp3) is 0.353. The maximum Gasteiger partial charge on any atom is 0.272 e. The highest BCUT2D eigenvalue weighted by molar-refractivity contribution is 7.91. The van der Waals surface area contributed by atoms with Gasteiger partial charge in [-0.05, 0) is 31.5 Å². The van der Waals surface area contributed by atoms with Gasteiger partial charge in [-0.2, -0.15) is 5.10 Å². The third kappa shape index (κ3) is 4.51. The first-order valence-corrected chi connectivity index (χ1v) is 10.2. The zero-order valence-corrected chi connectivity index (χ0v) is 15.4. The van der Waals surface area contributed by atoms with E-state index in [1.54, 1.807) is 25.1 Å². The molecule has 1 aliphatic rings. The fourth-order valence-corrected chi connectivity index (χ4v) is 4.56. The van der Waals surface area contributed by atoms with Gasteiger partial charge in [-0.15, -0.1) is 0 Å². The van der Waals surface area contributed by atoms with Gasteiger partial charge in [-0.25, -0.2) is 17.5 Å². The van der Waals surface area contributed by atoms with Crippen LogP contribution in [0.25, 0.3) is 5.69 Å². The number of para-hydroxylation sites is 1. The summed E-state index contributed by atoms with van der Waals surface area (Å²) in [6, 6.07) is 7.11. The summed E-state index contributed by atoms with van der Waals surface area (Å²) in [7, 11) is -3.09. The highest BCUT2D eigenvalue weighted by Gasteiger charge is 2.28. The van der Waals surface area contributed by atoms with Crippen LogP contribution in [0.5, 0.6) is 0 Å². The predicted molar refractivity (Wildman–Crippen MR) is 95.8 cm³/mol. The summed E-state index contributed by atoms with van der Waals surface area (Å²) in [6.07, 6.45) is 0.369. The Morgan fingerprint density at radius 3 is 2.74 bits per heavy atom. The van der Waals surface area contributed by atoms with Crippen LogP contribution in [0.2, 0.25) is 0 Å². The molecule has 1 aromatic carbocycles. The zero-order valence-electron chi connectivity index (χ0n) is 14.6. The monoisotopic (exact) mass is 394 g/mol. The van der Waals surface area contributed by atoms with Crippen LogP contribution in [0.3, 0.4) is 0 Å². The molecule has 8 nitrogen and oxygen atoms in total. The Balaban J connectivity index is 1.60. The quantitative estimate of drug-likeness (QED) is 0.761. The fourth-order valence-electron chi connectivity index (χ4n) is 2.89. The first-order valence-electron chi connectivity index (χ1n) is 8.35. The average molecular weight is 394 g/mol. The van der Waals surface area contributed by atoms with Crippen molar-refractivity contribution in [3.05, 3.63) is 47.5 Å². The van der Waals surface area contributed by atoms with E-state index in [0.717, 1.165) is 0 Å². The van der Waals surface area contributed by atoms with Crippen LogP contribution in [-0.4, -0.2) is 54.1 Å². The van der Waals surface area contributed by atoms with Gasteiger partial charge in [0.1, 0.15) is 11.5 Å². The highest BCUT2D eigenvalue weighted by Crippen LogP contribution is 2.15. The molecule has 2 heterocycles. The third-order valence-electron chi connectivity index (χ3n) is 4.21. The van der Waals surface area contributed by atoms with Gasteiger partial charge in [0.2, 0.25) is 5.91 Å². The van der Waals surface area contributed by atoms with E-state index < -0.39 is 33.5 Å². The average Bonchev–Trinajstić information content (AvgIpc) is 3.15. The van der Waals surface area contributed by atoms with Crippen molar-refractivity contribution >= 4 is 21.7 Å². The Morgan fingerprint density at radius 1 is 1.33 bits per heavy atom. The van der Waals surface area contributed by atoms with Gasteiger partial charge in [-0.3, -0.25) is 9.59 Å². The number of nitrogens with zero attached hydrogens (tertiary/aromatic N) is 2. The largest absolute Gasteiger partial charge is 0.351 e. The van der Waals surface area contributed by atoms with E-state index in [2.05, 4.69) is 15.7 Å². The number of carbonyl (C=O) groups excluding carboxylic acids is 2. The SMILES string of the molecule is Cc1cc(C(=O)NCC(=O)NC2CCS(=O)(=O)C2)nn1-c1ccccc1F. The van der Waals surface area contributed by atoms with Gasteiger partial charge in [0.05, 0.1) is 18.1 Å². The minimum atomic E-state index is -3.09. The summed E-state index contributed by atoms with van der Waals surface area (Å²) >= 11 is 0. The summed E-state index contributed by atoms with van der Waals surface area (Å²) in [5.41, 5.74) is 0.826. The Bertz CT molecular complexity index is 987. The molecular weight excluding hydrogens is 375 g/mol. The Labute approximate surface area is 155 Å². The molecule has 2 aromatic rings. The van der Waals surface area contributed by atoms with Crippen molar-refractivity contribution in [3.63, 3.8) is 0 Å². The number of carbonyl (C=O) groups is 2. The molecular formula is C17H19FN4O4S. The van der Waals surface area contributed by atoms with Gasteiger partial charge >= 0.3 is 0 Å². The molecule has 1 aromatic heterocycles. The molecule has 0 aliphatic carbocycles. The molecule has 2 N–H and O–H groups in total. The summed E-state index contributed by atoms with van der Waals surface area (Å²) < 4.78 is 38.0. The summed E-state index contributed by atoms with van der Waals surface area (Å²) in [4.78, 5) is 24.1. The highest BCUT2D eigenvalue weighted by atomic mass is 32.2. The van der Waals surface area contributed by atoms with Gasteiger partial charge in [0.25, 0.3) is 5.91 Å². The van der Waals surface area contributed by atoms with Crippen molar-refractivity contribution in [2.45, 2.75) is 19.4 Å². The number of aromatic nitrogens is 2. The summed E-state index contributed by atoms with van der Waals surface area (Å²) in [6.45, 7) is 1.38. The van der Waals surface area contributed by atoms with Crippen molar-refractivity contribution in [2.75, 3.05) is 18.1 Å². The van der Waals surface area contributed by atoms with E-state index in [9.17, 15) is 22.4 Å². The molecule has 1 aliphatic heterocycles. The molecule has 3 rings (SSSR count). The van der Waals surface area contributed by atoms with Crippen molar-refractivity contribution in [2.24, 2.45) is 0 Å². The lowest BCUT2D eigenvalue weighted by Crippen LogP contribution is -2.42. The molecule has 27 heavy (non-hydrogen) atoms. The van der Waals surface area contributed by atoms with Crippen molar-refractivity contribution < 1.29 is 22.4 Å². The van der Waals surface area contributed by atoms with E-state index in [1.165, 1.54) is 16.8 Å². The number of rotatable bonds is 5. The van der Waals surface area contributed by atoms with Crippen molar-refractivity contribution in [3.8, 4) is 5.69 Å². The number of benzene rings is 1. The van der Waals surface area contributed by atoms with Crippen LogP contribution in [0, 0.1) is 12.7 Å². The number of hydrogen-bond donors (Lipinski definition) is 2. The lowest BCUT2D eigenvalue weighted by Gasteiger charge is -2.10. The molecule has 1 atom stereocenters. The maximum atomic E-state index is 13.9. The molecule has 144 valence electrons. The number of aryl methyl sites for hydroxylation is 1. The summed E-state index contributed by atoms with van der Waals surface area (Å²) in [5.74, 6) is -1.56. The molecule has 0 bridgehead atoms. The minimum Gasteiger partial charge on any atom is -0.351 e. The van der Waals surface area contributed by atoms with Crippen LogP contribution in [-0.2, 0) is 14.6 Å². The predicted octanol–water partition coefficient (Wildman–Crippen LogP) is 0.353. The number of sulfone groups is 1. The first kappa shape index (κ1) is 19.0. The standard InChI is InChI=1S/C17H19FN4O4S/c1-11-8-14(21-22(11)15-5-3-2-4-13(15)18)17(24)19-9-16(23)20-12-6-7-27(25,26)10-12/h2-5,8,12H,6-7,9-10H2,1H3,(H,19,24)(H,20,23). The molecule has 0 spiro atoms. The number of halogens is 1. The van der Waals surface area contributed by atoms with Crippen molar-refractivity contribution in [1.29, 1.82) is 0 Å².